The minimum absolute atomic E-state index is 0.352. The van der Waals surface area contributed by atoms with Gasteiger partial charge in [-0.3, -0.25) is 0 Å². The lowest BCUT2D eigenvalue weighted by Gasteiger charge is -2.36. The van der Waals surface area contributed by atoms with Gasteiger partial charge in [-0.2, -0.15) is 4.74 Å². The molecular weight excluding hydrogens is 488 g/mol. The Bertz CT molecular complexity index is 1200. The van der Waals surface area contributed by atoms with Crippen molar-refractivity contribution in [2.45, 2.75) is 50.8 Å². The summed E-state index contributed by atoms with van der Waals surface area (Å²) in [6, 6.07) is 40.5. The van der Waals surface area contributed by atoms with Crippen molar-refractivity contribution in [3.8, 4) is 0 Å². The highest BCUT2D eigenvalue weighted by Crippen LogP contribution is 2.29. The van der Waals surface area contributed by atoms with Crippen LogP contribution >= 0.6 is 0 Å². The molecule has 0 aromatic heterocycles. The lowest BCUT2D eigenvalue weighted by Crippen LogP contribution is -2.55. The predicted molar refractivity (Wildman–Crippen MR) is 150 cm³/mol. The summed E-state index contributed by atoms with van der Waals surface area (Å²) in [5, 5.41) is 0. The molecule has 0 bridgehead atoms. The first kappa shape index (κ1) is 27.1. The average molecular weight is 524 g/mol. The molecule has 1 aliphatic heterocycles. The molecule has 1 heterocycles. The Hall–Kier alpha value is -3.45. The van der Waals surface area contributed by atoms with Gasteiger partial charge in [0, 0.05) is 0 Å². The summed E-state index contributed by atoms with van der Waals surface area (Å²) in [4.78, 5) is 0. The van der Waals surface area contributed by atoms with Gasteiger partial charge in [0.05, 0.1) is 33.0 Å². The third-order valence-electron chi connectivity index (χ3n) is 6.65. The first-order valence-electron chi connectivity index (χ1n) is 13.4. The van der Waals surface area contributed by atoms with Crippen molar-refractivity contribution < 1.29 is 23.7 Å². The fourth-order valence-corrected chi connectivity index (χ4v) is 4.56. The minimum Gasteiger partial charge on any atom is -0.374 e. The summed E-state index contributed by atoms with van der Waals surface area (Å²) in [5.41, 5.74) is 4.37. The third kappa shape index (κ3) is 8.27. The number of benzene rings is 4. The molecule has 0 aliphatic carbocycles. The van der Waals surface area contributed by atoms with Crippen LogP contribution in [0.1, 0.15) is 22.3 Å². The van der Waals surface area contributed by atoms with E-state index in [1.807, 2.05) is 84.9 Å². The molecule has 0 radical (unpaired) electrons. The summed E-state index contributed by atoms with van der Waals surface area (Å²) < 4.78 is 31.8. The highest BCUT2D eigenvalue weighted by molar-refractivity contribution is 5.16. The highest BCUT2D eigenvalue weighted by Gasteiger charge is 2.49. The lowest BCUT2D eigenvalue weighted by atomic mass is 9.99. The largest absolute Gasteiger partial charge is 0.374 e. The van der Waals surface area contributed by atoms with Gasteiger partial charge in [-0.1, -0.05) is 121 Å². The molecule has 0 N–H and O–H groups in total. The van der Waals surface area contributed by atoms with Crippen molar-refractivity contribution >= 4 is 0 Å². The van der Waals surface area contributed by atoms with E-state index in [0.29, 0.717) is 33.0 Å². The predicted octanol–water partition coefficient (Wildman–Crippen LogP) is 6.52. The minimum atomic E-state index is -0.417. The van der Waals surface area contributed by atoms with Gasteiger partial charge in [0.25, 0.3) is 12.7 Å². The van der Waals surface area contributed by atoms with Crippen LogP contribution in [0.3, 0.4) is 0 Å². The number of hydrogen-bond donors (Lipinski definition) is 0. The van der Waals surface area contributed by atoms with Crippen LogP contribution in [0.4, 0.5) is 0 Å². The van der Waals surface area contributed by atoms with Crippen molar-refractivity contribution in [2.75, 3.05) is 6.61 Å². The zero-order chi connectivity index (χ0) is 26.5. The molecule has 4 aromatic rings. The topological polar surface area (TPSA) is 46.2 Å². The van der Waals surface area contributed by atoms with Crippen LogP contribution in [-0.4, -0.2) is 31.0 Å². The van der Waals surface area contributed by atoms with Gasteiger partial charge in [0.2, 0.25) is 0 Å². The second kappa shape index (κ2) is 14.6. The molecule has 4 unspecified atom stereocenters. The maximum Gasteiger partial charge on any atom is 0.261 e. The fourth-order valence-electron chi connectivity index (χ4n) is 4.56. The van der Waals surface area contributed by atoms with Gasteiger partial charge in [-0.15, -0.1) is 0 Å². The van der Waals surface area contributed by atoms with Crippen LogP contribution < -0.4 is 0 Å². The summed E-state index contributed by atoms with van der Waals surface area (Å²) in [5.74, 6) is 0. The Kier molecular flexibility index (Phi) is 10.2. The SMILES string of the molecule is c1ccc(COCC2O[CH+]C(OCc3ccccc3)C(OCc3ccccc3)C2OCc2ccccc2)cc1. The second-order valence-corrected chi connectivity index (χ2v) is 9.59. The Morgan fingerprint density at radius 1 is 0.487 bits per heavy atom. The number of rotatable bonds is 13. The molecule has 1 fully saturated rings. The van der Waals surface area contributed by atoms with E-state index in [2.05, 4.69) is 36.4 Å². The van der Waals surface area contributed by atoms with E-state index in [1.165, 1.54) is 0 Å². The van der Waals surface area contributed by atoms with Crippen LogP contribution in [0.25, 0.3) is 0 Å². The highest BCUT2D eigenvalue weighted by atomic mass is 16.6. The molecule has 1 saturated heterocycles. The van der Waals surface area contributed by atoms with Crippen LogP contribution in [0.2, 0.25) is 0 Å². The summed E-state index contributed by atoms with van der Waals surface area (Å²) in [7, 11) is 0. The molecule has 0 spiro atoms. The normalized spacial score (nSPS) is 20.8. The number of hydrogen-bond acceptors (Lipinski definition) is 5. The summed E-state index contributed by atoms with van der Waals surface area (Å²) in [6.07, 6.45) is -1.57. The van der Waals surface area contributed by atoms with Gasteiger partial charge in [0.15, 0.2) is 12.2 Å². The van der Waals surface area contributed by atoms with E-state index in [-0.39, 0.29) is 6.10 Å². The van der Waals surface area contributed by atoms with E-state index in [9.17, 15) is 0 Å². The molecule has 1 aliphatic rings. The molecule has 4 atom stereocenters. The fraction of sp³-hybridized carbons (Fsp3) is 0.265. The Morgan fingerprint density at radius 3 is 1.38 bits per heavy atom. The molecule has 200 valence electrons. The van der Waals surface area contributed by atoms with Crippen LogP contribution in [0, 0.1) is 6.61 Å². The van der Waals surface area contributed by atoms with E-state index in [4.69, 9.17) is 23.7 Å². The lowest BCUT2D eigenvalue weighted by molar-refractivity contribution is -0.227. The molecular formula is C34H35O5+. The van der Waals surface area contributed by atoms with Gasteiger partial charge < -0.3 is 18.9 Å². The maximum absolute atomic E-state index is 6.55. The van der Waals surface area contributed by atoms with Gasteiger partial charge in [-0.05, 0) is 22.3 Å². The number of ether oxygens (including phenoxy) is 5. The zero-order valence-electron chi connectivity index (χ0n) is 22.0. The van der Waals surface area contributed by atoms with Crippen LogP contribution in [0.5, 0.6) is 0 Å². The molecule has 5 rings (SSSR count). The maximum atomic E-state index is 6.55. The first-order valence-corrected chi connectivity index (χ1v) is 13.4. The van der Waals surface area contributed by atoms with Crippen LogP contribution in [-0.2, 0) is 50.1 Å². The zero-order valence-corrected chi connectivity index (χ0v) is 22.0. The molecule has 0 amide bonds. The molecule has 4 aromatic carbocycles. The van der Waals surface area contributed by atoms with E-state index < -0.39 is 18.3 Å². The molecule has 5 heteroatoms. The van der Waals surface area contributed by atoms with Crippen molar-refractivity contribution in [3.05, 3.63) is 150 Å². The van der Waals surface area contributed by atoms with Crippen molar-refractivity contribution in [2.24, 2.45) is 0 Å². The van der Waals surface area contributed by atoms with Crippen molar-refractivity contribution in [1.82, 2.24) is 0 Å². The van der Waals surface area contributed by atoms with Crippen molar-refractivity contribution in [3.63, 3.8) is 0 Å². The quantitative estimate of drug-likeness (QED) is 0.187. The monoisotopic (exact) mass is 523 g/mol. The van der Waals surface area contributed by atoms with Gasteiger partial charge in [-0.25, -0.2) is 0 Å². The van der Waals surface area contributed by atoms with E-state index in [0.717, 1.165) is 22.3 Å². The summed E-state index contributed by atoms with van der Waals surface area (Å²) >= 11 is 0. The van der Waals surface area contributed by atoms with Gasteiger partial charge in [0.1, 0.15) is 6.10 Å². The Balaban J connectivity index is 1.32. The summed E-state index contributed by atoms with van der Waals surface area (Å²) in [6.45, 7) is 3.92. The van der Waals surface area contributed by atoms with E-state index >= 15 is 0 Å². The first-order chi connectivity index (χ1) is 19.3. The second-order valence-electron chi connectivity index (χ2n) is 9.59. The standard InChI is InChI=1S/C34H35O5/c1-5-13-27(14-6-1)21-35-25-31-33(38-23-29-17-9-3-10-18-29)34(39-24-30-19-11-4-12-20-30)32(26-37-31)36-22-28-15-7-2-8-16-28/h1-20,26,31-34H,21-25H2/q+1. The smallest absolute Gasteiger partial charge is 0.261 e. The average Bonchev–Trinajstić information content (AvgIpc) is 3.00. The molecule has 0 saturated carbocycles. The Labute approximate surface area is 231 Å². The van der Waals surface area contributed by atoms with E-state index in [1.54, 1.807) is 6.61 Å². The van der Waals surface area contributed by atoms with Crippen molar-refractivity contribution in [1.29, 1.82) is 0 Å². The van der Waals surface area contributed by atoms with Gasteiger partial charge >= 0.3 is 0 Å². The third-order valence-corrected chi connectivity index (χ3v) is 6.65. The molecule has 5 nitrogen and oxygen atoms in total. The Morgan fingerprint density at radius 2 is 0.897 bits per heavy atom. The van der Waals surface area contributed by atoms with Crippen LogP contribution in [0.15, 0.2) is 121 Å². The molecule has 39 heavy (non-hydrogen) atoms.